The van der Waals surface area contributed by atoms with Crippen LogP contribution in [0.4, 0.5) is 10.1 Å². The number of amides is 3. The number of benzene rings is 3. The molecule has 1 aliphatic rings. The quantitative estimate of drug-likeness (QED) is 0.350. The van der Waals surface area contributed by atoms with E-state index >= 15 is 0 Å². The summed E-state index contributed by atoms with van der Waals surface area (Å²) < 4.78 is 20.2. The summed E-state index contributed by atoms with van der Waals surface area (Å²) in [5.74, 6) is -1.78. The Morgan fingerprint density at radius 1 is 1.08 bits per heavy atom. The van der Waals surface area contributed by atoms with Crippen LogP contribution in [0.5, 0.6) is 0 Å². The van der Waals surface area contributed by atoms with Crippen molar-refractivity contribution in [3.8, 4) is 11.5 Å². The maximum Gasteiger partial charge on any atom is 0.257 e. The molecule has 4 aromatic rings. The van der Waals surface area contributed by atoms with Crippen molar-refractivity contribution in [3.05, 3.63) is 84.2 Å². The van der Waals surface area contributed by atoms with Gasteiger partial charge in [0.05, 0.1) is 17.7 Å². The predicted octanol–water partition coefficient (Wildman–Crippen LogP) is 5.21. The fourth-order valence-electron chi connectivity index (χ4n) is 4.47. The highest BCUT2D eigenvalue weighted by atomic mass is 19.1. The second-order valence-electron chi connectivity index (χ2n) is 8.77. The molecule has 36 heavy (non-hydrogen) atoms. The first-order valence-corrected chi connectivity index (χ1v) is 11.8. The van der Waals surface area contributed by atoms with E-state index in [0.717, 1.165) is 10.4 Å². The van der Waals surface area contributed by atoms with Gasteiger partial charge in [-0.2, -0.15) is 0 Å². The van der Waals surface area contributed by atoms with Crippen molar-refractivity contribution in [2.24, 2.45) is 0 Å². The third-order valence-corrected chi connectivity index (χ3v) is 6.53. The summed E-state index contributed by atoms with van der Waals surface area (Å²) in [7, 11) is 0. The Morgan fingerprint density at radius 3 is 2.47 bits per heavy atom. The summed E-state index contributed by atoms with van der Waals surface area (Å²) >= 11 is 0. The van der Waals surface area contributed by atoms with Gasteiger partial charge in [-0.05, 0) is 61.9 Å². The van der Waals surface area contributed by atoms with Crippen molar-refractivity contribution >= 4 is 34.5 Å². The van der Waals surface area contributed by atoms with Gasteiger partial charge in [-0.25, -0.2) is 14.3 Å². The second kappa shape index (κ2) is 9.37. The predicted molar refractivity (Wildman–Crippen MR) is 133 cm³/mol. The number of imide groups is 1. The zero-order chi connectivity index (χ0) is 25.4. The molecule has 7 nitrogen and oxygen atoms in total. The van der Waals surface area contributed by atoms with Crippen LogP contribution in [0.1, 0.15) is 37.0 Å². The van der Waals surface area contributed by atoms with Gasteiger partial charge >= 0.3 is 0 Å². The Balaban J connectivity index is 1.42. The van der Waals surface area contributed by atoms with E-state index in [1.165, 1.54) is 23.1 Å². The van der Waals surface area contributed by atoms with Crippen LogP contribution in [0, 0.1) is 5.82 Å². The monoisotopic (exact) mass is 485 g/mol. The molecule has 2 atom stereocenters. The SMILES string of the molecule is CCC(C)N(C(=O)c1ccccc1F)C1CC(=O)N(c2ccc(-c3nc4ccccc4o3)cc2)C1=O. The molecular formula is C28H24FN3O4. The van der Waals surface area contributed by atoms with Crippen molar-refractivity contribution in [2.75, 3.05) is 4.90 Å². The minimum atomic E-state index is -1.02. The standard InChI is InChI=1S/C28H24FN3O4/c1-3-17(2)31(27(34)20-8-4-5-9-21(20)29)23-16-25(33)32(28(23)35)19-14-12-18(13-15-19)26-30-22-10-6-7-11-24(22)36-26/h4-15,17,23H,3,16H2,1-2H3. The average molecular weight is 486 g/mol. The Labute approximate surface area is 207 Å². The first kappa shape index (κ1) is 23.4. The molecule has 0 radical (unpaired) electrons. The van der Waals surface area contributed by atoms with Crippen molar-refractivity contribution in [1.82, 2.24) is 9.88 Å². The Kier molecular flexibility index (Phi) is 6.10. The number of aromatic nitrogens is 1. The molecule has 1 aliphatic heterocycles. The van der Waals surface area contributed by atoms with E-state index in [4.69, 9.17) is 4.42 Å². The number of nitrogens with zero attached hydrogens (tertiary/aromatic N) is 3. The highest BCUT2D eigenvalue weighted by Crippen LogP contribution is 2.31. The molecule has 0 N–H and O–H groups in total. The lowest BCUT2D eigenvalue weighted by molar-refractivity contribution is -0.122. The van der Waals surface area contributed by atoms with E-state index in [9.17, 15) is 18.8 Å². The van der Waals surface area contributed by atoms with E-state index in [0.29, 0.717) is 29.1 Å². The van der Waals surface area contributed by atoms with E-state index in [1.54, 1.807) is 37.3 Å². The summed E-state index contributed by atoms with van der Waals surface area (Å²) in [6, 6.07) is 18.4. The summed E-state index contributed by atoms with van der Waals surface area (Å²) in [5, 5.41) is 0. The van der Waals surface area contributed by atoms with Gasteiger partial charge in [0.2, 0.25) is 11.8 Å². The Hall–Kier alpha value is -4.33. The smallest absolute Gasteiger partial charge is 0.257 e. The summed E-state index contributed by atoms with van der Waals surface area (Å²) in [5.41, 5.74) is 2.35. The van der Waals surface area contributed by atoms with Crippen molar-refractivity contribution in [3.63, 3.8) is 0 Å². The van der Waals surface area contributed by atoms with Crippen molar-refractivity contribution in [2.45, 2.75) is 38.8 Å². The molecule has 0 spiro atoms. The average Bonchev–Trinajstić information content (AvgIpc) is 3.45. The largest absolute Gasteiger partial charge is 0.436 e. The molecule has 8 heteroatoms. The van der Waals surface area contributed by atoms with Crippen LogP contribution in [0.15, 0.2) is 77.2 Å². The van der Waals surface area contributed by atoms with E-state index in [-0.39, 0.29) is 18.0 Å². The number of anilines is 1. The lowest BCUT2D eigenvalue weighted by Gasteiger charge is -2.33. The Bertz CT molecular complexity index is 1430. The number of oxazole rings is 1. The molecule has 182 valence electrons. The van der Waals surface area contributed by atoms with Gasteiger partial charge in [-0.1, -0.05) is 31.2 Å². The zero-order valence-electron chi connectivity index (χ0n) is 19.8. The van der Waals surface area contributed by atoms with Crippen LogP contribution < -0.4 is 4.90 Å². The second-order valence-corrected chi connectivity index (χ2v) is 8.77. The van der Waals surface area contributed by atoms with Crippen LogP contribution >= 0.6 is 0 Å². The molecule has 3 amide bonds. The number of halogens is 1. The van der Waals surface area contributed by atoms with Crippen LogP contribution in [-0.4, -0.2) is 39.7 Å². The van der Waals surface area contributed by atoms with E-state index in [1.807, 2.05) is 31.2 Å². The van der Waals surface area contributed by atoms with Crippen molar-refractivity contribution in [1.29, 1.82) is 0 Å². The van der Waals surface area contributed by atoms with Gasteiger partial charge in [0.15, 0.2) is 5.58 Å². The lowest BCUT2D eigenvalue weighted by atomic mass is 10.1. The number of fused-ring (bicyclic) bond motifs is 1. The third-order valence-electron chi connectivity index (χ3n) is 6.53. The maximum atomic E-state index is 14.4. The van der Waals surface area contributed by atoms with E-state index in [2.05, 4.69) is 4.98 Å². The van der Waals surface area contributed by atoms with Crippen molar-refractivity contribution < 1.29 is 23.2 Å². The molecule has 0 saturated carbocycles. The summed E-state index contributed by atoms with van der Waals surface area (Å²) in [6.45, 7) is 3.66. The maximum absolute atomic E-state index is 14.4. The molecule has 5 rings (SSSR count). The number of hydrogen-bond donors (Lipinski definition) is 0. The van der Waals surface area contributed by atoms with Gasteiger partial charge in [-0.3, -0.25) is 14.4 Å². The topological polar surface area (TPSA) is 83.7 Å². The normalized spacial score (nSPS) is 16.5. The fraction of sp³-hybridized carbons (Fsp3) is 0.214. The number of para-hydroxylation sites is 2. The van der Waals surface area contributed by atoms with Gasteiger partial charge in [0, 0.05) is 11.6 Å². The molecular weight excluding hydrogens is 461 g/mol. The zero-order valence-corrected chi connectivity index (χ0v) is 19.8. The molecule has 2 heterocycles. The number of rotatable bonds is 6. The highest BCUT2D eigenvalue weighted by Gasteiger charge is 2.46. The first-order chi connectivity index (χ1) is 17.4. The highest BCUT2D eigenvalue weighted by molar-refractivity contribution is 6.23. The molecule has 1 aromatic heterocycles. The minimum Gasteiger partial charge on any atom is -0.436 e. The third kappa shape index (κ3) is 4.04. The fourth-order valence-corrected chi connectivity index (χ4v) is 4.47. The molecule has 2 unspecified atom stereocenters. The van der Waals surface area contributed by atoms with Crippen LogP contribution in [0.2, 0.25) is 0 Å². The van der Waals surface area contributed by atoms with E-state index < -0.39 is 29.6 Å². The Morgan fingerprint density at radius 2 is 1.78 bits per heavy atom. The van der Waals surface area contributed by atoms with Gasteiger partial charge < -0.3 is 9.32 Å². The summed E-state index contributed by atoms with van der Waals surface area (Å²) in [6.07, 6.45) is 0.369. The molecule has 0 bridgehead atoms. The van der Waals surface area contributed by atoms with Crippen LogP contribution in [-0.2, 0) is 9.59 Å². The van der Waals surface area contributed by atoms with Crippen LogP contribution in [0.3, 0.4) is 0 Å². The molecule has 3 aromatic carbocycles. The number of carbonyl (C=O) groups is 3. The van der Waals surface area contributed by atoms with Crippen LogP contribution in [0.25, 0.3) is 22.6 Å². The van der Waals surface area contributed by atoms with Gasteiger partial charge in [-0.15, -0.1) is 0 Å². The summed E-state index contributed by atoms with van der Waals surface area (Å²) in [4.78, 5) is 46.6. The van der Waals surface area contributed by atoms with Gasteiger partial charge in [0.25, 0.3) is 11.8 Å². The van der Waals surface area contributed by atoms with Gasteiger partial charge in [0.1, 0.15) is 17.4 Å². The molecule has 0 aliphatic carbocycles. The molecule has 1 saturated heterocycles. The minimum absolute atomic E-state index is 0.126. The number of hydrogen-bond acceptors (Lipinski definition) is 5. The molecule has 1 fully saturated rings. The number of carbonyl (C=O) groups excluding carboxylic acids is 3. The first-order valence-electron chi connectivity index (χ1n) is 11.8. The lowest BCUT2D eigenvalue weighted by Crippen LogP contribution is -2.50.